The standard InChI is InChI=1S/C20H24N6S/c1-13(2)22-24-19-12-16-17(23-25-19)11-15-9-6-10-18(16)26(15)20(27)21-14-7-4-3-5-8-14/h3-5,7-8,12-13,15,18H,6,9-11H2,1-2H3,(H,21,27). The van der Waals surface area contributed by atoms with Crippen molar-refractivity contribution in [2.24, 2.45) is 10.2 Å². The highest BCUT2D eigenvalue weighted by molar-refractivity contribution is 7.80. The van der Waals surface area contributed by atoms with Crippen LogP contribution in [-0.4, -0.2) is 32.3 Å². The van der Waals surface area contributed by atoms with Crippen LogP contribution in [0.15, 0.2) is 46.6 Å². The molecule has 140 valence electrons. The fraction of sp³-hybridized carbons (Fsp3) is 0.450. The molecule has 4 rings (SSSR count). The fourth-order valence-corrected chi connectivity index (χ4v) is 4.31. The molecule has 1 N–H and O–H groups in total. The van der Waals surface area contributed by atoms with Crippen molar-refractivity contribution in [3.63, 3.8) is 0 Å². The number of thiocarbonyl (C=S) groups is 1. The number of benzene rings is 1. The minimum Gasteiger partial charge on any atom is -0.339 e. The molecular weight excluding hydrogens is 356 g/mol. The third-order valence-electron chi connectivity index (χ3n) is 5.07. The molecule has 1 aromatic heterocycles. The van der Waals surface area contributed by atoms with E-state index >= 15 is 0 Å². The molecule has 1 fully saturated rings. The quantitative estimate of drug-likeness (QED) is 0.611. The van der Waals surface area contributed by atoms with Gasteiger partial charge < -0.3 is 10.2 Å². The number of aromatic nitrogens is 2. The maximum Gasteiger partial charge on any atom is 0.196 e. The lowest BCUT2D eigenvalue weighted by molar-refractivity contribution is 0.150. The summed E-state index contributed by atoms with van der Waals surface area (Å²) in [6, 6.07) is 12.9. The molecule has 2 bridgehead atoms. The number of para-hydroxylation sites is 1. The molecule has 2 aliphatic rings. The lowest BCUT2D eigenvalue weighted by Crippen LogP contribution is -2.51. The van der Waals surface area contributed by atoms with Crippen LogP contribution in [0.3, 0.4) is 0 Å². The number of hydrogen-bond acceptors (Lipinski definition) is 5. The van der Waals surface area contributed by atoms with Crippen molar-refractivity contribution < 1.29 is 0 Å². The Morgan fingerprint density at radius 1 is 1.22 bits per heavy atom. The van der Waals surface area contributed by atoms with Crippen molar-refractivity contribution in [2.75, 3.05) is 5.32 Å². The van der Waals surface area contributed by atoms with E-state index in [1.807, 2.05) is 50.2 Å². The van der Waals surface area contributed by atoms with Gasteiger partial charge in [-0.05, 0) is 63.5 Å². The summed E-state index contributed by atoms with van der Waals surface area (Å²) < 4.78 is 0. The molecule has 2 atom stereocenters. The summed E-state index contributed by atoms with van der Waals surface area (Å²) >= 11 is 5.79. The lowest BCUT2D eigenvalue weighted by Gasteiger charge is -2.47. The van der Waals surface area contributed by atoms with Crippen molar-refractivity contribution in [3.8, 4) is 0 Å². The largest absolute Gasteiger partial charge is 0.339 e. The number of rotatable bonds is 3. The van der Waals surface area contributed by atoms with Gasteiger partial charge >= 0.3 is 0 Å². The zero-order chi connectivity index (χ0) is 18.8. The average Bonchev–Trinajstić information content (AvgIpc) is 2.67. The fourth-order valence-electron chi connectivity index (χ4n) is 3.92. The maximum atomic E-state index is 5.79. The van der Waals surface area contributed by atoms with Crippen molar-refractivity contribution in [1.82, 2.24) is 15.1 Å². The Labute approximate surface area is 165 Å². The summed E-state index contributed by atoms with van der Waals surface area (Å²) in [6.07, 6.45) is 4.26. The van der Waals surface area contributed by atoms with Crippen LogP contribution in [0, 0.1) is 0 Å². The molecule has 6 nitrogen and oxygen atoms in total. The van der Waals surface area contributed by atoms with E-state index in [1.54, 1.807) is 0 Å². The number of piperidine rings is 1. The zero-order valence-electron chi connectivity index (χ0n) is 15.7. The zero-order valence-corrected chi connectivity index (χ0v) is 16.5. The summed E-state index contributed by atoms with van der Waals surface area (Å²) in [5, 5.41) is 21.3. The van der Waals surface area contributed by atoms with Crippen LogP contribution in [0.25, 0.3) is 0 Å². The summed E-state index contributed by atoms with van der Waals surface area (Å²) in [6.45, 7) is 3.99. The smallest absolute Gasteiger partial charge is 0.196 e. The van der Waals surface area contributed by atoms with E-state index in [0.717, 1.165) is 35.8 Å². The van der Waals surface area contributed by atoms with Gasteiger partial charge in [-0.2, -0.15) is 10.2 Å². The monoisotopic (exact) mass is 380 g/mol. The van der Waals surface area contributed by atoms with E-state index in [-0.39, 0.29) is 12.1 Å². The van der Waals surface area contributed by atoms with Crippen molar-refractivity contribution in [3.05, 3.63) is 47.7 Å². The summed E-state index contributed by atoms with van der Waals surface area (Å²) in [5.74, 6) is 0.577. The van der Waals surface area contributed by atoms with Gasteiger partial charge in [0.25, 0.3) is 0 Å². The Balaban J connectivity index is 1.62. The predicted molar refractivity (Wildman–Crippen MR) is 110 cm³/mol. The third-order valence-corrected chi connectivity index (χ3v) is 5.39. The van der Waals surface area contributed by atoms with Gasteiger partial charge in [0.05, 0.1) is 17.8 Å². The molecule has 0 radical (unpaired) electrons. The van der Waals surface area contributed by atoms with E-state index < -0.39 is 0 Å². The van der Waals surface area contributed by atoms with Crippen LogP contribution in [0.5, 0.6) is 0 Å². The van der Waals surface area contributed by atoms with Gasteiger partial charge in [-0.1, -0.05) is 18.2 Å². The molecule has 2 aliphatic heterocycles. The summed E-state index contributed by atoms with van der Waals surface area (Å²) in [5.41, 5.74) is 3.29. The normalized spacial score (nSPS) is 21.4. The Morgan fingerprint density at radius 3 is 2.81 bits per heavy atom. The molecule has 3 heterocycles. The molecule has 0 aliphatic carbocycles. The van der Waals surface area contributed by atoms with Crippen LogP contribution >= 0.6 is 12.2 Å². The summed E-state index contributed by atoms with van der Waals surface area (Å²) in [4.78, 5) is 2.36. The van der Waals surface area contributed by atoms with Gasteiger partial charge in [0.2, 0.25) is 0 Å². The van der Waals surface area contributed by atoms with Gasteiger partial charge in [-0.3, -0.25) is 0 Å². The second-order valence-corrected chi connectivity index (χ2v) is 7.81. The summed E-state index contributed by atoms with van der Waals surface area (Å²) in [7, 11) is 0. The molecule has 2 aromatic rings. The number of fused-ring (bicyclic) bond motifs is 4. The van der Waals surface area contributed by atoms with Crippen molar-refractivity contribution in [2.45, 2.75) is 57.7 Å². The average molecular weight is 381 g/mol. The molecular formula is C20H24N6S. The minimum absolute atomic E-state index is 0.140. The predicted octanol–water partition coefficient (Wildman–Crippen LogP) is 4.82. The highest BCUT2D eigenvalue weighted by Crippen LogP contribution is 2.42. The molecule has 1 saturated heterocycles. The lowest BCUT2D eigenvalue weighted by atomic mass is 9.83. The number of nitrogens with zero attached hydrogens (tertiary/aromatic N) is 5. The van der Waals surface area contributed by atoms with E-state index in [0.29, 0.717) is 11.9 Å². The van der Waals surface area contributed by atoms with E-state index in [9.17, 15) is 0 Å². The Kier molecular flexibility index (Phi) is 5.11. The molecule has 0 saturated carbocycles. The SMILES string of the molecule is CC(C)N=Nc1cc2c(nn1)CC1CCCC2N1C(=S)Nc1ccccc1. The second kappa shape index (κ2) is 7.68. The van der Waals surface area contributed by atoms with Gasteiger partial charge in [0.15, 0.2) is 10.9 Å². The second-order valence-electron chi connectivity index (χ2n) is 7.42. The Bertz CT molecular complexity index is 851. The van der Waals surface area contributed by atoms with E-state index in [2.05, 4.69) is 30.6 Å². The third kappa shape index (κ3) is 3.83. The van der Waals surface area contributed by atoms with Crippen LogP contribution in [0.2, 0.25) is 0 Å². The number of azo groups is 1. The molecule has 27 heavy (non-hydrogen) atoms. The van der Waals surface area contributed by atoms with E-state index in [1.165, 1.54) is 12.0 Å². The van der Waals surface area contributed by atoms with Gasteiger partial charge in [-0.15, -0.1) is 10.2 Å². The highest BCUT2D eigenvalue weighted by atomic mass is 32.1. The first-order valence-electron chi connectivity index (χ1n) is 9.53. The van der Waals surface area contributed by atoms with Crippen molar-refractivity contribution in [1.29, 1.82) is 0 Å². The first kappa shape index (κ1) is 18.0. The first-order chi connectivity index (χ1) is 13.1. The van der Waals surface area contributed by atoms with Gasteiger partial charge in [0.1, 0.15) is 0 Å². The molecule has 1 aromatic carbocycles. The molecule has 7 heteroatoms. The van der Waals surface area contributed by atoms with Crippen LogP contribution in [0.1, 0.15) is 50.4 Å². The Hall–Kier alpha value is -2.41. The van der Waals surface area contributed by atoms with Crippen LogP contribution in [-0.2, 0) is 6.42 Å². The van der Waals surface area contributed by atoms with Gasteiger partial charge in [-0.25, -0.2) is 0 Å². The van der Waals surface area contributed by atoms with E-state index in [4.69, 9.17) is 12.2 Å². The van der Waals surface area contributed by atoms with Crippen molar-refractivity contribution >= 4 is 28.8 Å². The number of anilines is 1. The maximum absolute atomic E-state index is 5.79. The van der Waals surface area contributed by atoms with Gasteiger partial charge in [0, 0.05) is 23.7 Å². The Morgan fingerprint density at radius 2 is 2.04 bits per heavy atom. The molecule has 2 unspecified atom stereocenters. The molecule has 0 amide bonds. The topological polar surface area (TPSA) is 65.8 Å². The minimum atomic E-state index is 0.140. The van der Waals surface area contributed by atoms with Crippen LogP contribution in [0.4, 0.5) is 11.5 Å². The van der Waals surface area contributed by atoms with Crippen LogP contribution < -0.4 is 5.32 Å². The first-order valence-corrected chi connectivity index (χ1v) is 9.94. The number of nitrogens with one attached hydrogen (secondary N) is 1. The molecule has 0 spiro atoms. The highest BCUT2D eigenvalue weighted by Gasteiger charge is 2.39. The number of hydrogen-bond donors (Lipinski definition) is 1.